The Labute approximate surface area is 192 Å². The van der Waals surface area contributed by atoms with Gasteiger partial charge in [-0.25, -0.2) is 14.3 Å². The minimum absolute atomic E-state index is 0.0400. The number of hydrogen-bond donors (Lipinski definition) is 0. The van der Waals surface area contributed by atoms with Gasteiger partial charge in [-0.05, 0) is 36.4 Å². The zero-order chi connectivity index (χ0) is 22.9. The molecule has 2 aromatic carbocycles. The molecule has 0 aliphatic carbocycles. The van der Waals surface area contributed by atoms with Crippen molar-refractivity contribution in [2.75, 3.05) is 20.0 Å². The van der Waals surface area contributed by atoms with Gasteiger partial charge in [-0.2, -0.15) is 5.10 Å². The molecule has 0 unspecified atom stereocenters. The lowest BCUT2D eigenvalue weighted by Crippen LogP contribution is -2.15. The lowest BCUT2D eigenvalue weighted by molar-refractivity contribution is 0.0549. The van der Waals surface area contributed by atoms with Crippen LogP contribution >= 0.6 is 11.8 Å². The maximum atomic E-state index is 12.8. The highest BCUT2D eigenvalue weighted by molar-refractivity contribution is 7.99. The lowest BCUT2D eigenvalue weighted by Gasteiger charge is -2.07. The smallest absolute Gasteiger partial charge is 0.357 e. The minimum Gasteiger partial charge on any atom is -0.465 e. The first kappa shape index (κ1) is 23.6. The molecule has 0 radical (unpaired) electrons. The molecule has 0 saturated carbocycles. The summed E-state index contributed by atoms with van der Waals surface area (Å²) >= 11 is 1.78. The number of benzene rings is 2. The molecule has 3 rings (SSSR count). The minimum atomic E-state index is -0.658. The van der Waals surface area contributed by atoms with Gasteiger partial charge in [-0.15, -0.1) is 11.8 Å². The fourth-order valence-corrected chi connectivity index (χ4v) is 4.38. The Balaban J connectivity index is 2.06. The third-order valence-electron chi connectivity index (χ3n) is 5.03. The highest BCUT2D eigenvalue weighted by Crippen LogP contribution is 2.32. The normalized spacial score (nSPS) is 10.7. The van der Waals surface area contributed by atoms with Gasteiger partial charge in [0, 0.05) is 10.5 Å². The second-order valence-electron chi connectivity index (χ2n) is 7.24. The zero-order valence-electron chi connectivity index (χ0n) is 18.7. The van der Waals surface area contributed by atoms with E-state index < -0.39 is 11.9 Å². The average Bonchev–Trinajstić information content (AvgIpc) is 3.24. The van der Waals surface area contributed by atoms with E-state index in [2.05, 4.69) is 12.0 Å². The number of hydrogen-bond acceptors (Lipinski definition) is 6. The van der Waals surface area contributed by atoms with E-state index in [1.54, 1.807) is 11.8 Å². The van der Waals surface area contributed by atoms with Gasteiger partial charge in [0.25, 0.3) is 0 Å². The van der Waals surface area contributed by atoms with Gasteiger partial charge in [0.2, 0.25) is 0 Å². The molecule has 168 valence electrons. The molecule has 6 nitrogen and oxygen atoms in total. The van der Waals surface area contributed by atoms with E-state index in [4.69, 9.17) is 9.47 Å². The van der Waals surface area contributed by atoms with Crippen molar-refractivity contribution in [3.05, 3.63) is 65.9 Å². The first-order chi connectivity index (χ1) is 15.6. The molecular weight excluding hydrogens is 424 g/mol. The Morgan fingerprint density at radius 3 is 2.38 bits per heavy atom. The van der Waals surface area contributed by atoms with Crippen LogP contribution in [0.5, 0.6) is 0 Å². The number of aromatic nitrogens is 2. The third-order valence-corrected chi connectivity index (χ3v) is 6.11. The Bertz CT molecular complexity index is 1060. The molecule has 0 spiro atoms. The van der Waals surface area contributed by atoms with Crippen LogP contribution in [0, 0.1) is 0 Å². The predicted molar refractivity (Wildman–Crippen MR) is 127 cm³/mol. The molecule has 1 aromatic heterocycles. The van der Waals surface area contributed by atoms with E-state index in [0.717, 1.165) is 22.6 Å². The van der Waals surface area contributed by atoms with Gasteiger partial charge in [0.1, 0.15) is 11.3 Å². The van der Waals surface area contributed by atoms with Crippen molar-refractivity contribution >= 4 is 23.7 Å². The van der Waals surface area contributed by atoms with Crippen LogP contribution in [0.25, 0.3) is 16.9 Å². The Kier molecular flexibility index (Phi) is 8.50. The van der Waals surface area contributed by atoms with Gasteiger partial charge < -0.3 is 9.47 Å². The molecule has 0 aliphatic heterocycles. The van der Waals surface area contributed by atoms with Gasteiger partial charge in [0.15, 0.2) is 5.69 Å². The van der Waals surface area contributed by atoms with Crippen LogP contribution in [0.15, 0.2) is 59.5 Å². The number of ether oxygens (including phenoxy) is 2. The molecule has 0 aliphatic rings. The summed E-state index contributed by atoms with van der Waals surface area (Å²) in [5, 5.41) is 4.66. The molecule has 0 amide bonds. The van der Waals surface area contributed by atoms with Crippen molar-refractivity contribution in [1.82, 2.24) is 9.78 Å². The highest BCUT2D eigenvalue weighted by Gasteiger charge is 2.31. The van der Waals surface area contributed by atoms with Crippen LogP contribution in [0.3, 0.4) is 0 Å². The van der Waals surface area contributed by atoms with Crippen molar-refractivity contribution in [2.24, 2.45) is 0 Å². The van der Waals surface area contributed by atoms with Crippen LogP contribution in [0.2, 0.25) is 0 Å². The van der Waals surface area contributed by atoms with E-state index in [1.807, 2.05) is 54.6 Å². The number of carbonyl (C=O) groups is 2. The number of thioether (sulfide) groups is 1. The quantitative estimate of drug-likeness (QED) is 0.220. The van der Waals surface area contributed by atoms with Crippen molar-refractivity contribution in [1.29, 1.82) is 0 Å². The van der Waals surface area contributed by atoms with Gasteiger partial charge in [-0.3, -0.25) is 0 Å². The molecule has 3 aromatic rings. The summed E-state index contributed by atoms with van der Waals surface area (Å²) in [4.78, 5) is 26.5. The molecule has 0 fully saturated rings. The summed E-state index contributed by atoms with van der Waals surface area (Å²) < 4.78 is 11.4. The summed E-state index contributed by atoms with van der Waals surface area (Å²) in [6.45, 7) is 2.20. The van der Waals surface area contributed by atoms with Crippen molar-refractivity contribution in [3.8, 4) is 16.9 Å². The lowest BCUT2D eigenvalue weighted by atomic mass is 10.1. The second kappa shape index (κ2) is 11.5. The maximum Gasteiger partial charge on any atom is 0.357 e. The highest BCUT2D eigenvalue weighted by atomic mass is 32.2. The summed E-state index contributed by atoms with van der Waals surface area (Å²) in [6, 6.07) is 17.0. The van der Waals surface area contributed by atoms with Crippen LogP contribution in [0.4, 0.5) is 0 Å². The van der Waals surface area contributed by atoms with E-state index in [1.165, 1.54) is 38.2 Å². The fraction of sp³-hybridized carbons (Fsp3) is 0.320. The van der Waals surface area contributed by atoms with Crippen LogP contribution in [-0.2, 0) is 9.47 Å². The van der Waals surface area contributed by atoms with Gasteiger partial charge in [-0.1, -0.05) is 56.5 Å². The third kappa shape index (κ3) is 5.40. The predicted octanol–water partition coefficient (Wildman–Crippen LogP) is 5.78. The van der Waals surface area contributed by atoms with Gasteiger partial charge >= 0.3 is 11.9 Å². The number of carbonyl (C=O) groups excluding carboxylic acids is 2. The second-order valence-corrected chi connectivity index (χ2v) is 8.41. The number of esters is 2. The van der Waals surface area contributed by atoms with Crippen LogP contribution in [-0.4, -0.2) is 41.7 Å². The van der Waals surface area contributed by atoms with E-state index >= 15 is 0 Å². The van der Waals surface area contributed by atoms with E-state index in [0.29, 0.717) is 11.4 Å². The number of methoxy groups -OCH3 is 2. The molecular formula is C25H28N2O4S. The molecule has 32 heavy (non-hydrogen) atoms. The molecule has 1 heterocycles. The monoisotopic (exact) mass is 452 g/mol. The first-order valence-electron chi connectivity index (χ1n) is 10.7. The Morgan fingerprint density at radius 2 is 1.69 bits per heavy atom. The topological polar surface area (TPSA) is 70.4 Å². The molecule has 0 saturated heterocycles. The average molecular weight is 453 g/mol. The summed E-state index contributed by atoms with van der Waals surface area (Å²) in [5.41, 5.74) is 1.90. The SMILES string of the molecule is CCCCCCSc1cccc(-c2nn(-c3ccccc3)c(C(=O)OC)c2C(=O)OC)c1. The molecule has 0 bridgehead atoms. The number of unbranched alkanes of at least 4 members (excludes halogenated alkanes) is 3. The standard InChI is InChI=1S/C25H28N2O4S/c1-4-5-6-10-16-32-20-15-11-12-18(17-20)22-21(24(28)30-2)23(25(29)31-3)27(26-22)19-13-8-7-9-14-19/h7-9,11-15,17H,4-6,10,16H2,1-3H3. The largest absolute Gasteiger partial charge is 0.465 e. The summed E-state index contributed by atoms with van der Waals surface area (Å²) in [7, 11) is 2.57. The molecule has 0 atom stereocenters. The summed E-state index contributed by atoms with van der Waals surface area (Å²) in [6.07, 6.45) is 4.84. The maximum absolute atomic E-state index is 12.8. The van der Waals surface area contributed by atoms with Crippen molar-refractivity contribution in [2.45, 2.75) is 37.5 Å². The Hall–Kier alpha value is -3.06. The van der Waals surface area contributed by atoms with Crippen molar-refractivity contribution < 1.29 is 19.1 Å². The van der Waals surface area contributed by atoms with Crippen molar-refractivity contribution in [3.63, 3.8) is 0 Å². The van der Waals surface area contributed by atoms with Crippen LogP contribution in [0.1, 0.15) is 53.5 Å². The fourth-order valence-electron chi connectivity index (χ4n) is 3.41. The molecule has 7 heteroatoms. The number of rotatable bonds is 10. The van der Waals surface area contributed by atoms with Gasteiger partial charge in [0.05, 0.1) is 19.9 Å². The van der Waals surface area contributed by atoms with E-state index in [9.17, 15) is 9.59 Å². The van der Waals surface area contributed by atoms with Crippen LogP contribution < -0.4 is 0 Å². The molecule has 0 N–H and O–H groups in total. The Morgan fingerprint density at radius 1 is 0.938 bits per heavy atom. The number of para-hydroxylation sites is 1. The zero-order valence-corrected chi connectivity index (χ0v) is 19.5. The van der Waals surface area contributed by atoms with E-state index in [-0.39, 0.29) is 11.3 Å². The first-order valence-corrected chi connectivity index (χ1v) is 11.7. The summed E-state index contributed by atoms with van der Waals surface area (Å²) in [5.74, 6) is -0.270. The number of nitrogens with zero attached hydrogens (tertiary/aromatic N) is 2.